The summed E-state index contributed by atoms with van der Waals surface area (Å²) in [5.74, 6) is -0.153. The fourth-order valence-corrected chi connectivity index (χ4v) is 1.08. The molecule has 0 amide bonds. The van der Waals surface area contributed by atoms with E-state index in [1.807, 2.05) is 20.9 Å². The minimum absolute atomic E-state index is 0.0231. The van der Waals surface area contributed by atoms with Gasteiger partial charge in [-0.2, -0.15) is 0 Å². The number of carbonyl (C=O) groups excluding carboxylic acids is 1. The molecule has 0 aromatic rings. The van der Waals surface area contributed by atoms with Crippen LogP contribution in [0.25, 0.3) is 0 Å². The molecule has 0 saturated heterocycles. The van der Waals surface area contributed by atoms with Crippen molar-refractivity contribution in [3.63, 3.8) is 0 Å². The van der Waals surface area contributed by atoms with E-state index in [1.165, 1.54) is 7.11 Å². The summed E-state index contributed by atoms with van der Waals surface area (Å²) in [5.41, 5.74) is 0. The summed E-state index contributed by atoms with van der Waals surface area (Å²) in [7, 11) is 3.27. The summed E-state index contributed by atoms with van der Waals surface area (Å²) < 4.78 is 4.65. The molecule has 0 rings (SSSR count). The minimum atomic E-state index is -0.130. The second-order valence-electron chi connectivity index (χ2n) is 2.62. The molecule has 0 saturated carbocycles. The number of ether oxygens (including phenoxy) is 1. The maximum Gasteiger partial charge on any atom is 0.310 e. The highest BCUT2D eigenvalue weighted by atomic mass is 16.5. The van der Waals surface area contributed by atoms with Gasteiger partial charge in [-0.3, -0.25) is 4.79 Å². The average Bonchev–Trinajstić information content (AvgIpc) is 2.05. The van der Waals surface area contributed by atoms with Gasteiger partial charge in [-0.05, 0) is 20.4 Å². The number of hydrogen-bond acceptors (Lipinski definition) is 3. The van der Waals surface area contributed by atoms with Crippen LogP contribution >= 0.6 is 0 Å². The van der Waals surface area contributed by atoms with E-state index in [2.05, 4.69) is 10.1 Å². The maximum atomic E-state index is 11.1. The van der Waals surface area contributed by atoms with Crippen molar-refractivity contribution in [2.75, 3.05) is 14.2 Å². The summed E-state index contributed by atoms with van der Waals surface area (Å²) in [6.45, 7) is 3.96. The molecule has 3 heteroatoms. The summed E-state index contributed by atoms with van der Waals surface area (Å²) >= 11 is 0. The van der Waals surface area contributed by atoms with Crippen molar-refractivity contribution in [2.24, 2.45) is 5.92 Å². The molecule has 2 atom stereocenters. The number of rotatable bonds is 4. The van der Waals surface area contributed by atoms with E-state index >= 15 is 0 Å². The zero-order valence-electron chi connectivity index (χ0n) is 7.68. The normalized spacial score (nSPS) is 15.6. The number of esters is 1. The van der Waals surface area contributed by atoms with E-state index in [0.29, 0.717) is 0 Å². The topological polar surface area (TPSA) is 38.3 Å². The van der Waals surface area contributed by atoms with E-state index in [4.69, 9.17) is 0 Å². The minimum Gasteiger partial charge on any atom is -0.469 e. The van der Waals surface area contributed by atoms with Gasteiger partial charge in [0.15, 0.2) is 0 Å². The Kier molecular flexibility index (Phi) is 4.86. The molecule has 1 N–H and O–H groups in total. The first-order chi connectivity index (χ1) is 5.17. The van der Waals surface area contributed by atoms with Gasteiger partial charge in [-0.25, -0.2) is 0 Å². The smallest absolute Gasteiger partial charge is 0.310 e. The lowest BCUT2D eigenvalue weighted by atomic mass is 9.99. The van der Waals surface area contributed by atoms with Crippen LogP contribution in [0, 0.1) is 5.92 Å². The molecule has 0 aromatic heterocycles. The molecular formula is C8H17NO2. The van der Waals surface area contributed by atoms with Crippen LogP contribution in [0.2, 0.25) is 0 Å². The monoisotopic (exact) mass is 159 g/mol. The van der Waals surface area contributed by atoms with Crippen LogP contribution in [0.4, 0.5) is 0 Å². The van der Waals surface area contributed by atoms with Gasteiger partial charge in [0.25, 0.3) is 0 Å². The average molecular weight is 159 g/mol. The Morgan fingerprint density at radius 3 is 2.45 bits per heavy atom. The molecule has 11 heavy (non-hydrogen) atoms. The molecule has 0 spiro atoms. The Hall–Kier alpha value is -0.570. The molecule has 0 aliphatic carbocycles. The SMILES string of the molecule is CCC(C(=O)OC)C(C)NC. The van der Waals surface area contributed by atoms with Crippen molar-refractivity contribution in [1.29, 1.82) is 0 Å². The second-order valence-corrected chi connectivity index (χ2v) is 2.62. The van der Waals surface area contributed by atoms with E-state index in [9.17, 15) is 4.79 Å². The quantitative estimate of drug-likeness (QED) is 0.616. The molecule has 0 heterocycles. The van der Waals surface area contributed by atoms with Crippen molar-refractivity contribution in [1.82, 2.24) is 5.32 Å². The standard InChI is InChI=1S/C8H17NO2/c1-5-7(6(2)9-3)8(10)11-4/h6-7,9H,5H2,1-4H3. The molecule has 0 aliphatic heterocycles. The van der Waals surface area contributed by atoms with E-state index in [-0.39, 0.29) is 17.9 Å². The van der Waals surface area contributed by atoms with E-state index in [0.717, 1.165) is 6.42 Å². The van der Waals surface area contributed by atoms with Crippen molar-refractivity contribution in [3.05, 3.63) is 0 Å². The van der Waals surface area contributed by atoms with E-state index in [1.54, 1.807) is 0 Å². The summed E-state index contributed by atoms with van der Waals surface area (Å²) in [5, 5.41) is 3.03. The van der Waals surface area contributed by atoms with Gasteiger partial charge in [0.05, 0.1) is 13.0 Å². The molecule has 0 fully saturated rings. The fraction of sp³-hybridized carbons (Fsp3) is 0.875. The highest BCUT2D eigenvalue weighted by molar-refractivity contribution is 5.72. The lowest BCUT2D eigenvalue weighted by Crippen LogP contribution is -2.35. The van der Waals surface area contributed by atoms with Crippen LogP contribution in [0.5, 0.6) is 0 Å². The summed E-state index contributed by atoms with van der Waals surface area (Å²) in [6.07, 6.45) is 0.814. The van der Waals surface area contributed by atoms with Crippen LogP contribution in [-0.4, -0.2) is 26.2 Å². The van der Waals surface area contributed by atoms with Crippen LogP contribution in [0.15, 0.2) is 0 Å². The Bertz CT molecular complexity index is 125. The van der Waals surface area contributed by atoms with Crippen molar-refractivity contribution < 1.29 is 9.53 Å². The van der Waals surface area contributed by atoms with Crippen LogP contribution < -0.4 is 5.32 Å². The summed E-state index contributed by atoms with van der Waals surface area (Å²) in [4.78, 5) is 11.1. The predicted molar refractivity (Wildman–Crippen MR) is 44.3 cm³/mol. The Morgan fingerprint density at radius 2 is 2.18 bits per heavy atom. The van der Waals surface area contributed by atoms with Gasteiger partial charge in [0.1, 0.15) is 0 Å². The van der Waals surface area contributed by atoms with Gasteiger partial charge in [-0.15, -0.1) is 0 Å². The lowest BCUT2D eigenvalue weighted by molar-refractivity contribution is -0.146. The molecular weight excluding hydrogens is 142 g/mol. The van der Waals surface area contributed by atoms with Crippen molar-refractivity contribution in [2.45, 2.75) is 26.3 Å². The first-order valence-electron chi connectivity index (χ1n) is 3.92. The molecule has 66 valence electrons. The first kappa shape index (κ1) is 10.4. The van der Waals surface area contributed by atoms with Gasteiger partial charge < -0.3 is 10.1 Å². The van der Waals surface area contributed by atoms with Gasteiger partial charge in [0.2, 0.25) is 0 Å². The second kappa shape index (κ2) is 5.13. The number of methoxy groups -OCH3 is 1. The molecule has 2 unspecified atom stereocenters. The first-order valence-corrected chi connectivity index (χ1v) is 3.92. The van der Waals surface area contributed by atoms with Gasteiger partial charge >= 0.3 is 5.97 Å². The number of hydrogen-bond donors (Lipinski definition) is 1. The zero-order chi connectivity index (χ0) is 8.85. The van der Waals surface area contributed by atoms with Crippen molar-refractivity contribution >= 4 is 5.97 Å². The van der Waals surface area contributed by atoms with Crippen LogP contribution in [0.1, 0.15) is 20.3 Å². The molecule has 0 aliphatic rings. The Balaban J connectivity index is 4.03. The van der Waals surface area contributed by atoms with Crippen molar-refractivity contribution in [3.8, 4) is 0 Å². The maximum absolute atomic E-state index is 11.1. The highest BCUT2D eigenvalue weighted by Crippen LogP contribution is 2.09. The third-order valence-corrected chi connectivity index (χ3v) is 2.00. The fourth-order valence-electron chi connectivity index (χ4n) is 1.08. The zero-order valence-corrected chi connectivity index (χ0v) is 7.68. The Morgan fingerprint density at radius 1 is 1.64 bits per heavy atom. The lowest BCUT2D eigenvalue weighted by Gasteiger charge is -2.19. The van der Waals surface area contributed by atoms with Crippen LogP contribution in [-0.2, 0) is 9.53 Å². The van der Waals surface area contributed by atoms with E-state index < -0.39 is 0 Å². The molecule has 0 bridgehead atoms. The summed E-state index contributed by atoms with van der Waals surface area (Å²) in [6, 6.07) is 0.187. The number of nitrogens with one attached hydrogen (secondary N) is 1. The highest BCUT2D eigenvalue weighted by Gasteiger charge is 2.22. The van der Waals surface area contributed by atoms with Crippen LogP contribution in [0.3, 0.4) is 0 Å². The third kappa shape index (κ3) is 2.89. The largest absolute Gasteiger partial charge is 0.469 e. The third-order valence-electron chi connectivity index (χ3n) is 2.00. The molecule has 3 nitrogen and oxygen atoms in total. The Labute approximate surface area is 68.1 Å². The number of carbonyl (C=O) groups is 1. The van der Waals surface area contributed by atoms with Gasteiger partial charge in [-0.1, -0.05) is 6.92 Å². The molecule has 0 aromatic carbocycles. The predicted octanol–water partition coefficient (Wildman–Crippen LogP) is 0.793. The van der Waals surface area contributed by atoms with Gasteiger partial charge in [0, 0.05) is 6.04 Å². The molecule has 0 radical (unpaired) electrons.